The first-order chi connectivity index (χ1) is 16.2. The van der Waals surface area contributed by atoms with Crippen molar-refractivity contribution in [2.24, 2.45) is 5.10 Å². The van der Waals surface area contributed by atoms with Gasteiger partial charge in [0.25, 0.3) is 0 Å². The summed E-state index contributed by atoms with van der Waals surface area (Å²) in [6.07, 6.45) is 3.66. The molecule has 1 amide bonds. The van der Waals surface area contributed by atoms with E-state index >= 15 is 0 Å². The highest BCUT2D eigenvalue weighted by molar-refractivity contribution is 6.09. The van der Waals surface area contributed by atoms with E-state index in [2.05, 4.69) is 36.2 Å². The van der Waals surface area contributed by atoms with E-state index in [1.54, 1.807) is 13.3 Å². The molecule has 6 heteroatoms. The molecule has 4 aromatic rings. The maximum Gasteiger partial charge on any atom is 0.249 e. The highest BCUT2D eigenvalue weighted by atomic mass is 16.5. The molecule has 5 rings (SSSR count). The zero-order valence-corrected chi connectivity index (χ0v) is 18.7. The topological polar surface area (TPSA) is 67.7 Å². The number of carbonyl (C=O) groups excluding carboxylic acids is 1. The van der Waals surface area contributed by atoms with Crippen LogP contribution in [0, 0.1) is 0 Å². The average Bonchev–Trinajstić information content (AvgIpc) is 2.88. The van der Waals surface area contributed by atoms with Crippen molar-refractivity contribution in [1.82, 2.24) is 9.97 Å². The van der Waals surface area contributed by atoms with Crippen molar-refractivity contribution < 1.29 is 9.53 Å². The molecule has 2 aromatic heterocycles. The molecule has 0 fully saturated rings. The first-order valence-electron chi connectivity index (χ1n) is 11.1. The van der Waals surface area contributed by atoms with Gasteiger partial charge in [-0.15, -0.1) is 0 Å². The second-order valence-corrected chi connectivity index (χ2v) is 7.94. The number of methoxy groups -OCH3 is 1. The molecule has 164 valence electrons. The van der Waals surface area contributed by atoms with Gasteiger partial charge in [0, 0.05) is 30.0 Å². The molecule has 3 heterocycles. The van der Waals surface area contributed by atoms with Crippen molar-refractivity contribution in [3.05, 3.63) is 84.1 Å². The maximum absolute atomic E-state index is 13.0. The van der Waals surface area contributed by atoms with Crippen LogP contribution in [-0.2, 0) is 11.2 Å². The van der Waals surface area contributed by atoms with Crippen molar-refractivity contribution >= 4 is 28.5 Å². The Hall–Kier alpha value is -4.06. The fraction of sp³-hybridized carbons (Fsp3) is 0.185. The summed E-state index contributed by atoms with van der Waals surface area (Å²) in [5, 5.41) is 7.11. The van der Waals surface area contributed by atoms with Crippen LogP contribution in [0.4, 0.5) is 5.82 Å². The van der Waals surface area contributed by atoms with E-state index < -0.39 is 0 Å². The number of benzene rings is 2. The SMILES string of the molecule is CCc1ccc(C2=NN(c3nc4ncccc4cc3-c3ccc(OC)cc3)C(=O)CC2)cc1. The average molecular weight is 437 g/mol. The Labute approximate surface area is 192 Å². The number of hydrogen-bond acceptors (Lipinski definition) is 5. The lowest BCUT2D eigenvalue weighted by atomic mass is 10.0. The number of ether oxygens (including phenoxy) is 1. The first-order valence-corrected chi connectivity index (χ1v) is 11.1. The summed E-state index contributed by atoms with van der Waals surface area (Å²) in [4.78, 5) is 22.2. The normalized spacial score (nSPS) is 13.8. The number of hydrazone groups is 1. The lowest BCUT2D eigenvalue weighted by Gasteiger charge is -2.25. The Bertz CT molecular complexity index is 1350. The molecule has 33 heavy (non-hydrogen) atoms. The number of fused-ring (bicyclic) bond motifs is 1. The van der Waals surface area contributed by atoms with Crippen LogP contribution in [-0.4, -0.2) is 28.7 Å². The van der Waals surface area contributed by atoms with Gasteiger partial charge >= 0.3 is 0 Å². The zero-order valence-electron chi connectivity index (χ0n) is 18.7. The highest BCUT2D eigenvalue weighted by Crippen LogP contribution is 2.35. The monoisotopic (exact) mass is 436 g/mol. The maximum atomic E-state index is 13.0. The van der Waals surface area contributed by atoms with E-state index in [0.29, 0.717) is 24.3 Å². The fourth-order valence-corrected chi connectivity index (χ4v) is 4.00. The fourth-order valence-electron chi connectivity index (χ4n) is 4.00. The summed E-state index contributed by atoms with van der Waals surface area (Å²) in [6.45, 7) is 2.13. The summed E-state index contributed by atoms with van der Waals surface area (Å²) in [5.74, 6) is 1.17. The van der Waals surface area contributed by atoms with Crippen molar-refractivity contribution in [3.63, 3.8) is 0 Å². The number of carbonyl (C=O) groups is 1. The predicted molar refractivity (Wildman–Crippen MR) is 131 cm³/mol. The largest absolute Gasteiger partial charge is 0.497 e. The van der Waals surface area contributed by atoms with E-state index in [9.17, 15) is 4.79 Å². The van der Waals surface area contributed by atoms with Gasteiger partial charge in [-0.1, -0.05) is 43.3 Å². The summed E-state index contributed by atoms with van der Waals surface area (Å²) in [5.41, 5.74) is 5.49. The first kappa shape index (κ1) is 20.8. The highest BCUT2D eigenvalue weighted by Gasteiger charge is 2.27. The lowest BCUT2D eigenvalue weighted by Crippen LogP contribution is -2.33. The summed E-state index contributed by atoms with van der Waals surface area (Å²) >= 11 is 0. The number of aryl methyl sites for hydroxylation is 1. The molecule has 0 radical (unpaired) electrons. The van der Waals surface area contributed by atoms with Crippen molar-refractivity contribution in [1.29, 1.82) is 0 Å². The molecule has 0 saturated heterocycles. The Morgan fingerprint density at radius 3 is 2.45 bits per heavy atom. The zero-order chi connectivity index (χ0) is 22.8. The molecule has 0 spiro atoms. The number of nitrogens with zero attached hydrogens (tertiary/aromatic N) is 4. The Morgan fingerprint density at radius 2 is 1.73 bits per heavy atom. The van der Waals surface area contributed by atoms with Crippen LogP contribution in [0.25, 0.3) is 22.2 Å². The van der Waals surface area contributed by atoms with Gasteiger partial charge in [0.15, 0.2) is 11.5 Å². The number of rotatable bonds is 5. The third-order valence-corrected chi connectivity index (χ3v) is 5.90. The van der Waals surface area contributed by atoms with Gasteiger partial charge in [0.2, 0.25) is 5.91 Å². The number of pyridine rings is 2. The van der Waals surface area contributed by atoms with Gasteiger partial charge in [0.1, 0.15) is 5.75 Å². The van der Waals surface area contributed by atoms with Gasteiger partial charge in [-0.05, 0) is 53.4 Å². The van der Waals surface area contributed by atoms with Crippen molar-refractivity contribution in [3.8, 4) is 16.9 Å². The summed E-state index contributed by atoms with van der Waals surface area (Å²) < 4.78 is 5.31. The van der Waals surface area contributed by atoms with Crippen molar-refractivity contribution in [2.45, 2.75) is 26.2 Å². The van der Waals surface area contributed by atoms with Gasteiger partial charge in [0.05, 0.1) is 12.8 Å². The van der Waals surface area contributed by atoms with Crippen LogP contribution in [0.15, 0.2) is 78.0 Å². The second-order valence-electron chi connectivity index (χ2n) is 7.94. The van der Waals surface area contributed by atoms with Crippen LogP contribution < -0.4 is 9.75 Å². The van der Waals surface area contributed by atoms with Gasteiger partial charge in [-0.25, -0.2) is 9.97 Å². The lowest BCUT2D eigenvalue weighted by molar-refractivity contribution is -0.118. The minimum Gasteiger partial charge on any atom is -0.497 e. The third-order valence-electron chi connectivity index (χ3n) is 5.90. The quantitative estimate of drug-likeness (QED) is 0.420. The predicted octanol–water partition coefficient (Wildman–Crippen LogP) is 5.40. The molecule has 1 aliphatic heterocycles. The molecule has 0 atom stereocenters. The molecule has 0 N–H and O–H groups in total. The Kier molecular flexibility index (Phi) is 5.57. The van der Waals surface area contributed by atoms with Crippen LogP contribution in [0.2, 0.25) is 0 Å². The summed E-state index contributed by atoms with van der Waals surface area (Å²) in [7, 11) is 1.64. The molecule has 0 aliphatic carbocycles. The van der Waals surface area contributed by atoms with Crippen LogP contribution >= 0.6 is 0 Å². The molecule has 6 nitrogen and oxygen atoms in total. The molecular weight excluding hydrogens is 412 g/mol. The number of hydrogen-bond donors (Lipinski definition) is 0. The van der Waals surface area contributed by atoms with Crippen molar-refractivity contribution in [2.75, 3.05) is 12.1 Å². The second kappa shape index (κ2) is 8.82. The van der Waals surface area contributed by atoms with Crippen LogP contribution in [0.3, 0.4) is 0 Å². The Morgan fingerprint density at radius 1 is 0.970 bits per heavy atom. The van der Waals surface area contributed by atoms with Crippen LogP contribution in [0.5, 0.6) is 5.75 Å². The van der Waals surface area contributed by atoms with Gasteiger partial charge in [-0.3, -0.25) is 4.79 Å². The molecule has 0 bridgehead atoms. The third kappa shape index (κ3) is 4.07. The van der Waals surface area contributed by atoms with Gasteiger partial charge < -0.3 is 4.74 Å². The molecule has 1 aliphatic rings. The van der Waals surface area contributed by atoms with E-state index in [4.69, 9.17) is 14.8 Å². The van der Waals surface area contributed by atoms with E-state index in [0.717, 1.165) is 40.0 Å². The molecular formula is C27H24N4O2. The minimum atomic E-state index is -0.0820. The van der Waals surface area contributed by atoms with E-state index in [1.165, 1.54) is 10.6 Å². The standard InChI is InChI=1S/C27H24N4O2/c1-3-18-6-8-20(9-7-18)24-14-15-25(32)31(30-24)27-23(19-10-12-22(33-2)13-11-19)17-21-5-4-16-28-26(21)29-27/h4-13,16-17H,3,14-15H2,1-2H3. The van der Waals surface area contributed by atoms with E-state index in [-0.39, 0.29) is 5.91 Å². The Balaban J connectivity index is 1.65. The number of amides is 1. The number of aromatic nitrogens is 2. The smallest absolute Gasteiger partial charge is 0.249 e. The molecule has 0 unspecified atom stereocenters. The summed E-state index contributed by atoms with van der Waals surface area (Å²) in [6, 6.07) is 21.9. The molecule has 2 aromatic carbocycles. The number of anilines is 1. The minimum absolute atomic E-state index is 0.0820. The van der Waals surface area contributed by atoms with Crippen LogP contribution in [0.1, 0.15) is 30.9 Å². The van der Waals surface area contributed by atoms with E-state index in [1.807, 2.05) is 42.5 Å². The molecule has 0 saturated carbocycles. The van der Waals surface area contributed by atoms with Gasteiger partial charge in [-0.2, -0.15) is 10.1 Å².